The normalized spacial score (nSPS) is 16.9. The van der Waals surface area contributed by atoms with Crippen molar-refractivity contribution >= 4 is 16.8 Å². The predicted octanol–water partition coefficient (Wildman–Crippen LogP) is 2.04. The third-order valence-corrected chi connectivity index (χ3v) is 4.29. The largest absolute Gasteiger partial charge is 0.330 e. The number of fused-ring (bicyclic) bond motifs is 1. The predicted molar refractivity (Wildman–Crippen MR) is 85.0 cm³/mol. The number of nitrogens with one attached hydrogen (secondary N) is 1. The number of hydrogen-bond acceptors (Lipinski definition) is 4. The topological polar surface area (TPSA) is 79.0 Å². The Kier molecular flexibility index (Phi) is 3.34. The minimum atomic E-state index is -0.328. The Morgan fingerprint density at radius 2 is 2.12 bits per heavy atom. The van der Waals surface area contributed by atoms with Crippen LogP contribution in [-0.4, -0.2) is 32.3 Å². The number of hydrogen-bond donors (Lipinski definition) is 1. The summed E-state index contributed by atoms with van der Waals surface area (Å²) in [5.74, 6) is -0.647. The van der Waals surface area contributed by atoms with Crippen molar-refractivity contribution in [3.63, 3.8) is 0 Å². The first kappa shape index (κ1) is 14.5. The number of aromatic amines is 1. The van der Waals surface area contributed by atoms with Gasteiger partial charge in [-0.15, -0.1) is 0 Å². The lowest BCUT2D eigenvalue weighted by atomic mass is 9.93. The zero-order valence-corrected chi connectivity index (χ0v) is 12.6. The van der Waals surface area contributed by atoms with Gasteiger partial charge in [0.1, 0.15) is 11.5 Å². The second kappa shape index (κ2) is 5.52. The summed E-state index contributed by atoms with van der Waals surface area (Å²) in [6.45, 7) is 0.529. The van der Waals surface area contributed by atoms with Crippen LogP contribution < -0.4 is 5.56 Å². The highest BCUT2D eigenvalue weighted by Gasteiger charge is 2.35. The SMILES string of the molecule is O=C(c1cc2c(=O)[nH]cnc2cn1)N1CCC1c1ccccc1F. The molecule has 1 unspecified atom stereocenters. The maximum absolute atomic E-state index is 14.0. The number of carbonyl (C=O) groups excluding carboxylic acids is 1. The van der Waals surface area contributed by atoms with Crippen molar-refractivity contribution in [2.75, 3.05) is 6.54 Å². The smallest absolute Gasteiger partial charge is 0.272 e. The molecule has 1 fully saturated rings. The van der Waals surface area contributed by atoms with E-state index in [2.05, 4.69) is 15.0 Å². The van der Waals surface area contributed by atoms with Crippen LogP contribution in [0.5, 0.6) is 0 Å². The number of aromatic nitrogens is 3. The van der Waals surface area contributed by atoms with E-state index < -0.39 is 0 Å². The fourth-order valence-corrected chi connectivity index (χ4v) is 2.93. The molecule has 1 aromatic carbocycles. The van der Waals surface area contributed by atoms with E-state index in [0.717, 1.165) is 0 Å². The van der Waals surface area contributed by atoms with Crippen molar-refractivity contribution < 1.29 is 9.18 Å². The number of nitrogens with zero attached hydrogens (tertiary/aromatic N) is 3. The fourth-order valence-electron chi connectivity index (χ4n) is 2.93. The van der Waals surface area contributed by atoms with E-state index in [4.69, 9.17) is 0 Å². The van der Waals surface area contributed by atoms with Crippen molar-refractivity contribution in [1.82, 2.24) is 19.9 Å². The van der Waals surface area contributed by atoms with Crippen LogP contribution in [0.1, 0.15) is 28.5 Å². The Morgan fingerprint density at radius 1 is 1.29 bits per heavy atom. The Morgan fingerprint density at radius 3 is 2.88 bits per heavy atom. The highest BCUT2D eigenvalue weighted by atomic mass is 19.1. The molecule has 7 heteroatoms. The van der Waals surface area contributed by atoms with E-state index in [0.29, 0.717) is 29.4 Å². The number of pyridine rings is 1. The molecule has 4 rings (SSSR count). The van der Waals surface area contributed by atoms with Crippen molar-refractivity contribution in [1.29, 1.82) is 0 Å². The first-order valence-electron chi connectivity index (χ1n) is 7.54. The average molecular weight is 324 g/mol. The number of benzene rings is 1. The first-order valence-corrected chi connectivity index (χ1v) is 7.54. The van der Waals surface area contributed by atoms with E-state index >= 15 is 0 Å². The highest BCUT2D eigenvalue weighted by molar-refractivity contribution is 5.96. The van der Waals surface area contributed by atoms with Crippen molar-refractivity contribution in [2.45, 2.75) is 12.5 Å². The summed E-state index contributed by atoms with van der Waals surface area (Å²) in [5.41, 5.74) is 0.745. The van der Waals surface area contributed by atoms with Gasteiger partial charge in [-0.2, -0.15) is 0 Å². The van der Waals surface area contributed by atoms with E-state index in [1.54, 1.807) is 23.1 Å². The van der Waals surface area contributed by atoms with Gasteiger partial charge in [-0.3, -0.25) is 9.59 Å². The molecule has 1 N–H and O–H groups in total. The van der Waals surface area contributed by atoms with Crippen LogP contribution in [0.3, 0.4) is 0 Å². The second-order valence-corrected chi connectivity index (χ2v) is 5.64. The molecule has 0 radical (unpaired) electrons. The van der Waals surface area contributed by atoms with Crippen LogP contribution in [-0.2, 0) is 0 Å². The molecule has 1 saturated heterocycles. The van der Waals surface area contributed by atoms with Crippen LogP contribution in [0.25, 0.3) is 10.9 Å². The standard InChI is InChI=1S/C17H13FN4O2/c18-12-4-2-1-3-10(12)15-5-6-22(15)17(24)13-7-11-14(8-19-13)20-9-21-16(11)23/h1-4,7-9,15H,5-6H2,(H,20,21,23). The van der Waals surface area contributed by atoms with Gasteiger partial charge in [-0.25, -0.2) is 14.4 Å². The summed E-state index contributed by atoms with van der Waals surface area (Å²) in [6, 6.07) is 7.56. The molecule has 0 aliphatic carbocycles. The molecule has 0 spiro atoms. The molecule has 6 nitrogen and oxygen atoms in total. The molecule has 0 bridgehead atoms. The van der Waals surface area contributed by atoms with Gasteiger partial charge in [0.05, 0.1) is 29.5 Å². The quantitative estimate of drug-likeness (QED) is 0.782. The molecule has 120 valence electrons. The maximum Gasteiger partial charge on any atom is 0.272 e. The van der Waals surface area contributed by atoms with Crippen LogP contribution in [0.2, 0.25) is 0 Å². The molecule has 24 heavy (non-hydrogen) atoms. The number of H-pyrrole nitrogens is 1. The summed E-state index contributed by atoms with van der Waals surface area (Å²) in [6.07, 6.45) is 3.38. The number of amides is 1. The molecular weight excluding hydrogens is 311 g/mol. The van der Waals surface area contributed by atoms with Gasteiger partial charge in [-0.1, -0.05) is 18.2 Å². The molecule has 0 saturated carbocycles. The Bertz CT molecular complexity index is 1000. The van der Waals surface area contributed by atoms with Crippen molar-refractivity contribution in [3.05, 3.63) is 70.3 Å². The minimum absolute atomic E-state index is 0.155. The molecule has 1 atom stereocenters. The van der Waals surface area contributed by atoms with Crippen LogP contribution in [0.4, 0.5) is 4.39 Å². The van der Waals surface area contributed by atoms with E-state index in [-0.39, 0.29) is 29.0 Å². The van der Waals surface area contributed by atoms with Crippen molar-refractivity contribution in [3.8, 4) is 0 Å². The molecule has 1 aliphatic heterocycles. The lowest BCUT2D eigenvalue weighted by Gasteiger charge is -2.41. The summed E-state index contributed by atoms with van der Waals surface area (Å²) in [7, 11) is 0. The van der Waals surface area contributed by atoms with Gasteiger partial charge in [0.25, 0.3) is 11.5 Å². The van der Waals surface area contributed by atoms with Gasteiger partial charge >= 0.3 is 0 Å². The fraction of sp³-hybridized carbons (Fsp3) is 0.176. The monoisotopic (exact) mass is 324 g/mol. The lowest BCUT2D eigenvalue weighted by Crippen LogP contribution is -2.45. The number of halogens is 1. The van der Waals surface area contributed by atoms with Gasteiger partial charge in [0.2, 0.25) is 0 Å². The van der Waals surface area contributed by atoms with E-state index in [1.165, 1.54) is 24.7 Å². The Balaban J connectivity index is 1.68. The summed E-state index contributed by atoms with van der Waals surface area (Å²) in [5, 5.41) is 0.304. The highest BCUT2D eigenvalue weighted by Crippen LogP contribution is 2.35. The van der Waals surface area contributed by atoms with Gasteiger partial charge < -0.3 is 9.88 Å². The molecule has 1 amide bonds. The summed E-state index contributed by atoms with van der Waals surface area (Å²) < 4.78 is 14.0. The third-order valence-electron chi connectivity index (χ3n) is 4.29. The Labute approximate surface area is 136 Å². The molecule has 3 heterocycles. The summed E-state index contributed by atoms with van der Waals surface area (Å²) in [4.78, 5) is 36.7. The second-order valence-electron chi connectivity index (χ2n) is 5.64. The van der Waals surface area contributed by atoms with Crippen LogP contribution >= 0.6 is 0 Å². The Hall–Kier alpha value is -3.09. The summed E-state index contributed by atoms with van der Waals surface area (Å²) >= 11 is 0. The van der Waals surface area contributed by atoms with Crippen LogP contribution in [0.15, 0.2) is 47.7 Å². The maximum atomic E-state index is 14.0. The zero-order chi connectivity index (χ0) is 16.7. The van der Waals surface area contributed by atoms with Gasteiger partial charge in [-0.05, 0) is 18.6 Å². The number of carbonyl (C=O) groups is 1. The first-order chi connectivity index (χ1) is 11.6. The van der Waals surface area contributed by atoms with Crippen molar-refractivity contribution in [2.24, 2.45) is 0 Å². The minimum Gasteiger partial charge on any atom is -0.330 e. The molecule has 3 aromatic rings. The van der Waals surface area contributed by atoms with E-state index in [1.807, 2.05) is 0 Å². The number of rotatable bonds is 2. The third kappa shape index (κ3) is 2.25. The molecule has 1 aliphatic rings. The van der Waals surface area contributed by atoms with Gasteiger partial charge in [0, 0.05) is 12.1 Å². The molecular formula is C17H13FN4O2. The van der Waals surface area contributed by atoms with Gasteiger partial charge in [0.15, 0.2) is 0 Å². The van der Waals surface area contributed by atoms with E-state index in [9.17, 15) is 14.0 Å². The molecule has 2 aromatic heterocycles. The average Bonchev–Trinajstić information content (AvgIpc) is 2.56. The van der Waals surface area contributed by atoms with Crippen LogP contribution in [0, 0.1) is 5.82 Å². The zero-order valence-electron chi connectivity index (χ0n) is 12.6. The number of likely N-dealkylation sites (tertiary alicyclic amines) is 1. The lowest BCUT2D eigenvalue weighted by molar-refractivity contribution is 0.0447.